The molecular weight excluding hydrogens is 342 g/mol. The lowest BCUT2D eigenvalue weighted by atomic mass is 10.2. The summed E-state index contributed by atoms with van der Waals surface area (Å²) >= 11 is 6.00. The van der Waals surface area contributed by atoms with Gasteiger partial charge in [0.15, 0.2) is 0 Å². The Bertz CT molecular complexity index is 859. The van der Waals surface area contributed by atoms with E-state index in [1.54, 1.807) is 19.1 Å². The molecule has 0 radical (unpaired) electrons. The summed E-state index contributed by atoms with van der Waals surface area (Å²) in [6, 6.07) is 4.36. The first-order valence-corrected chi connectivity index (χ1v) is 8.41. The Kier molecular flexibility index (Phi) is 4.67. The van der Waals surface area contributed by atoms with Crippen molar-refractivity contribution in [3.63, 3.8) is 0 Å². The van der Waals surface area contributed by atoms with Crippen LogP contribution >= 0.6 is 11.6 Å². The van der Waals surface area contributed by atoms with E-state index in [4.69, 9.17) is 16.3 Å². The van der Waals surface area contributed by atoms with Crippen molar-refractivity contribution in [3.05, 3.63) is 35.0 Å². The molecule has 0 aliphatic rings. The fourth-order valence-corrected chi connectivity index (χ4v) is 4.09. The van der Waals surface area contributed by atoms with Crippen molar-refractivity contribution in [1.82, 2.24) is 14.7 Å². The second-order valence-corrected chi connectivity index (χ2v) is 7.22. The third-order valence-electron chi connectivity index (χ3n) is 3.14. The SMILES string of the molecule is COc1cccc(C)c1S(=O)(=O)c1nn(C(=O)N(C)C)cc1Cl. The molecule has 0 unspecified atom stereocenters. The van der Waals surface area contributed by atoms with Crippen molar-refractivity contribution in [2.24, 2.45) is 0 Å². The average molecular weight is 358 g/mol. The number of rotatable bonds is 3. The predicted molar refractivity (Wildman–Crippen MR) is 84.9 cm³/mol. The highest BCUT2D eigenvalue weighted by Crippen LogP contribution is 2.34. The topological polar surface area (TPSA) is 81.5 Å². The number of methoxy groups -OCH3 is 1. The quantitative estimate of drug-likeness (QED) is 0.841. The molecule has 124 valence electrons. The van der Waals surface area contributed by atoms with E-state index in [2.05, 4.69) is 5.10 Å². The lowest BCUT2D eigenvalue weighted by molar-refractivity contribution is 0.215. The highest BCUT2D eigenvalue weighted by atomic mass is 35.5. The predicted octanol–water partition coefficient (Wildman–Crippen LogP) is 2.22. The lowest BCUT2D eigenvalue weighted by Gasteiger charge is -2.11. The molecule has 23 heavy (non-hydrogen) atoms. The fraction of sp³-hybridized carbons (Fsp3) is 0.286. The minimum atomic E-state index is -4.04. The summed E-state index contributed by atoms with van der Waals surface area (Å²) in [5, 5.41) is 3.32. The van der Waals surface area contributed by atoms with Crippen molar-refractivity contribution < 1.29 is 17.9 Å². The molecule has 0 spiro atoms. The van der Waals surface area contributed by atoms with Crippen LogP contribution < -0.4 is 4.74 Å². The van der Waals surface area contributed by atoms with Gasteiger partial charge in [-0.3, -0.25) is 0 Å². The van der Waals surface area contributed by atoms with Crippen LogP contribution in [0.15, 0.2) is 34.3 Å². The number of carbonyl (C=O) groups excluding carboxylic acids is 1. The second-order valence-electron chi connectivity index (χ2n) is 5.01. The van der Waals surface area contributed by atoms with Crippen LogP contribution in [0.3, 0.4) is 0 Å². The summed E-state index contributed by atoms with van der Waals surface area (Å²) in [7, 11) is 0.386. The first kappa shape index (κ1) is 17.3. The summed E-state index contributed by atoms with van der Waals surface area (Å²) in [6.45, 7) is 1.64. The molecule has 0 aliphatic carbocycles. The van der Waals surface area contributed by atoms with E-state index in [9.17, 15) is 13.2 Å². The van der Waals surface area contributed by atoms with E-state index in [1.807, 2.05) is 0 Å². The normalized spacial score (nSPS) is 11.3. The summed E-state index contributed by atoms with van der Waals surface area (Å²) in [6.07, 6.45) is 1.17. The van der Waals surface area contributed by atoms with Crippen LogP contribution in [-0.2, 0) is 9.84 Å². The molecule has 0 saturated heterocycles. The van der Waals surface area contributed by atoms with Gasteiger partial charge in [0.25, 0.3) is 0 Å². The minimum Gasteiger partial charge on any atom is -0.495 e. The van der Waals surface area contributed by atoms with Crippen molar-refractivity contribution >= 4 is 27.5 Å². The number of hydrogen-bond donors (Lipinski definition) is 0. The van der Waals surface area contributed by atoms with Gasteiger partial charge in [-0.1, -0.05) is 23.7 Å². The molecule has 0 N–H and O–H groups in total. The van der Waals surface area contributed by atoms with Crippen molar-refractivity contribution in [1.29, 1.82) is 0 Å². The third kappa shape index (κ3) is 3.04. The van der Waals surface area contributed by atoms with E-state index in [0.29, 0.717) is 5.56 Å². The number of aryl methyl sites for hydroxylation is 1. The Morgan fingerprint density at radius 3 is 2.57 bits per heavy atom. The molecule has 1 amide bonds. The molecule has 0 aliphatic heterocycles. The van der Waals surface area contributed by atoms with Crippen molar-refractivity contribution in [3.8, 4) is 5.75 Å². The number of ether oxygens (including phenoxy) is 1. The van der Waals surface area contributed by atoms with Gasteiger partial charge < -0.3 is 9.64 Å². The van der Waals surface area contributed by atoms with Crippen LogP contribution in [0.5, 0.6) is 5.75 Å². The van der Waals surface area contributed by atoms with Gasteiger partial charge in [0.1, 0.15) is 10.6 Å². The molecule has 1 aromatic carbocycles. The largest absolute Gasteiger partial charge is 0.495 e. The van der Waals surface area contributed by atoms with Gasteiger partial charge in [-0.15, -0.1) is 0 Å². The Morgan fingerprint density at radius 2 is 2.00 bits per heavy atom. The van der Waals surface area contributed by atoms with Crippen LogP contribution in [0.25, 0.3) is 0 Å². The number of halogens is 1. The van der Waals surface area contributed by atoms with Gasteiger partial charge in [-0.25, -0.2) is 13.2 Å². The van der Waals surface area contributed by atoms with Gasteiger partial charge in [-0.2, -0.15) is 9.78 Å². The summed E-state index contributed by atoms with van der Waals surface area (Å²) in [5.41, 5.74) is 0.494. The summed E-state index contributed by atoms with van der Waals surface area (Å²) in [4.78, 5) is 13.1. The van der Waals surface area contributed by atoms with E-state index >= 15 is 0 Å². The maximum absolute atomic E-state index is 12.9. The van der Waals surface area contributed by atoms with Gasteiger partial charge in [-0.05, 0) is 18.6 Å². The zero-order valence-corrected chi connectivity index (χ0v) is 14.6. The maximum Gasteiger partial charge on any atom is 0.344 e. The number of hydrogen-bond acceptors (Lipinski definition) is 5. The van der Waals surface area contributed by atoms with E-state index in [-0.39, 0.29) is 20.7 Å². The molecule has 7 nitrogen and oxygen atoms in total. The molecule has 2 rings (SSSR count). The van der Waals surface area contributed by atoms with Crippen LogP contribution in [0.4, 0.5) is 4.79 Å². The zero-order valence-electron chi connectivity index (χ0n) is 13.1. The molecule has 9 heteroatoms. The van der Waals surface area contributed by atoms with Gasteiger partial charge in [0, 0.05) is 14.1 Å². The number of amides is 1. The van der Waals surface area contributed by atoms with E-state index < -0.39 is 15.9 Å². The van der Waals surface area contributed by atoms with Crippen molar-refractivity contribution in [2.45, 2.75) is 16.8 Å². The van der Waals surface area contributed by atoms with Crippen LogP contribution in [0.1, 0.15) is 5.56 Å². The fourth-order valence-electron chi connectivity index (χ4n) is 2.05. The number of benzene rings is 1. The first-order valence-electron chi connectivity index (χ1n) is 6.55. The van der Waals surface area contributed by atoms with Gasteiger partial charge >= 0.3 is 6.03 Å². The van der Waals surface area contributed by atoms with E-state index in [1.165, 1.54) is 38.4 Å². The number of aromatic nitrogens is 2. The molecule has 0 atom stereocenters. The molecule has 1 heterocycles. The minimum absolute atomic E-state index is 0.0213. The molecule has 2 aromatic rings. The Labute approximate surface area is 139 Å². The molecule has 0 bridgehead atoms. The van der Waals surface area contributed by atoms with Crippen molar-refractivity contribution in [2.75, 3.05) is 21.2 Å². The van der Waals surface area contributed by atoms with E-state index in [0.717, 1.165) is 4.68 Å². The second kappa shape index (κ2) is 6.21. The lowest BCUT2D eigenvalue weighted by Crippen LogP contribution is -2.27. The molecule has 0 fully saturated rings. The monoisotopic (exact) mass is 357 g/mol. The van der Waals surface area contributed by atoms with Gasteiger partial charge in [0.05, 0.1) is 18.3 Å². The smallest absolute Gasteiger partial charge is 0.344 e. The van der Waals surface area contributed by atoms with Crippen LogP contribution in [0, 0.1) is 6.92 Å². The van der Waals surface area contributed by atoms with Crippen LogP contribution in [-0.4, -0.2) is 50.3 Å². The molecule has 0 saturated carbocycles. The maximum atomic E-state index is 12.9. The number of carbonyl (C=O) groups is 1. The average Bonchev–Trinajstić information content (AvgIpc) is 2.88. The summed E-state index contributed by atoms with van der Waals surface area (Å²) < 4.78 is 31.8. The Balaban J connectivity index is 2.65. The van der Waals surface area contributed by atoms with Crippen LogP contribution in [0.2, 0.25) is 5.02 Å². The highest BCUT2D eigenvalue weighted by Gasteiger charge is 2.30. The Hall–Kier alpha value is -2.06. The zero-order chi connectivity index (χ0) is 17.4. The summed E-state index contributed by atoms with van der Waals surface area (Å²) in [5.74, 6) is 0.189. The van der Waals surface area contributed by atoms with Gasteiger partial charge in [0.2, 0.25) is 14.9 Å². The molecule has 1 aromatic heterocycles. The molecular formula is C14H16ClN3O4S. The standard InChI is InChI=1S/C14H16ClN3O4S/c1-9-6-5-7-11(22-4)12(9)23(20,21)13-10(15)8-18(16-13)14(19)17(2)3/h5-8H,1-4H3. The number of nitrogens with zero attached hydrogens (tertiary/aromatic N) is 3. The first-order chi connectivity index (χ1) is 10.7. The third-order valence-corrected chi connectivity index (χ3v) is 5.40. The highest BCUT2D eigenvalue weighted by molar-refractivity contribution is 7.91. The number of sulfone groups is 1. The Morgan fingerprint density at radius 1 is 1.35 bits per heavy atom.